The van der Waals surface area contributed by atoms with Gasteiger partial charge in [-0.25, -0.2) is 4.98 Å². The van der Waals surface area contributed by atoms with E-state index < -0.39 is 0 Å². The lowest BCUT2D eigenvalue weighted by molar-refractivity contribution is 0.0720. The Bertz CT molecular complexity index is 1070. The number of nitrogens with zero attached hydrogens (tertiary/aromatic N) is 4. The van der Waals surface area contributed by atoms with Gasteiger partial charge in [0.1, 0.15) is 5.75 Å². The Kier molecular flexibility index (Phi) is 5.40. The zero-order valence-electron chi connectivity index (χ0n) is 18.3. The van der Waals surface area contributed by atoms with Crippen molar-refractivity contribution in [1.82, 2.24) is 19.4 Å². The van der Waals surface area contributed by atoms with Gasteiger partial charge >= 0.3 is 0 Å². The fourth-order valence-electron chi connectivity index (χ4n) is 4.78. The maximum atomic E-state index is 13.0. The van der Waals surface area contributed by atoms with Crippen molar-refractivity contribution < 1.29 is 9.53 Å². The number of likely N-dealkylation sites (N-methyl/N-ethyl adjacent to an activating group) is 1. The zero-order valence-corrected chi connectivity index (χ0v) is 18.3. The Balaban J connectivity index is 1.25. The first kappa shape index (κ1) is 20.1. The quantitative estimate of drug-likeness (QED) is 0.611. The zero-order chi connectivity index (χ0) is 21.4. The molecule has 0 radical (unpaired) electrons. The van der Waals surface area contributed by atoms with Gasteiger partial charge in [0.2, 0.25) is 0 Å². The van der Waals surface area contributed by atoms with Crippen molar-refractivity contribution in [3.63, 3.8) is 0 Å². The number of amides is 1. The van der Waals surface area contributed by atoms with Crippen molar-refractivity contribution in [1.29, 1.82) is 0 Å². The maximum Gasteiger partial charge on any atom is 0.253 e. The standard InChI is InChI=1S/C25H30N4O2/c1-27(21-12-13-28(16-21)20-4-3-5-20)25(30)19-8-6-18(7-9-19)15-29-17-26-23-11-10-22(31-2)14-24(23)29/h6-11,14,17,20-21H,3-5,12-13,15-16H2,1-2H3/t21-/m1/s1. The number of rotatable bonds is 6. The van der Waals surface area contributed by atoms with Gasteiger partial charge in [-0.15, -0.1) is 0 Å². The molecule has 31 heavy (non-hydrogen) atoms. The van der Waals surface area contributed by atoms with Gasteiger partial charge in [-0.3, -0.25) is 9.69 Å². The van der Waals surface area contributed by atoms with E-state index in [-0.39, 0.29) is 5.91 Å². The average molecular weight is 419 g/mol. The second-order valence-electron chi connectivity index (χ2n) is 8.86. The monoisotopic (exact) mass is 418 g/mol. The molecular weight excluding hydrogens is 388 g/mol. The van der Waals surface area contributed by atoms with Crippen molar-refractivity contribution in [2.75, 3.05) is 27.2 Å². The van der Waals surface area contributed by atoms with Crippen LogP contribution >= 0.6 is 0 Å². The highest BCUT2D eigenvalue weighted by molar-refractivity contribution is 5.94. The van der Waals surface area contributed by atoms with Crippen LogP contribution in [-0.4, -0.2) is 64.6 Å². The highest BCUT2D eigenvalue weighted by Crippen LogP contribution is 2.29. The number of imidazole rings is 1. The summed E-state index contributed by atoms with van der Waals surface area (Å²) in [6.07, 6.45) is 6.93. The van der Waals surface area contributed by atoms with Crippen LogP contribution in [0.1, 0.15) is 41.6 Å². The first-order valence-corrected chi connectivity index (χ1v) is 11.2. The molecule has 2 heterocycles. The molecule has 1 saturated carbocycles. The Hall–Kier alpha value is -2.86. The smallest absolute Gasteiger partial charge is 0.253 e. The number of likely N-dealkylation sites (tertiary alicyclic amines) is 1. The maximum absolute atomic E-state index is 13.0. The number of benzene rings is 2. The van der Waals surface area contributed by atoms with Crippen LogP contribution in [0.15, 0.2) is 48.8 Å². The number of aromatic nitrogens is 2. The van der Waals surface area contributed by atoms with E-state index in [2.05, 4.69) is 14.5 Å². The van der Waals surface area contributed by atoms with Crippen LogP contribution in [0.5, 0.6) is 5.75 Å². The molecule has 3 aromatic rings. The molecule has 0 spiro atoms. The Morgan fingerprint density at radius 1 is 1.16 bits per heavy atom. The van der Waals surface area contributed by atoms with Crippen molar-refractivity contribution in [2.24, 2.45) is 0 Å². The van der Waals surface area contributed by atoms with Crippen molar-refractivity contribution in [3.8, 4) is 5.75 Å². The summed E-state index contributed by atoms with van der Waals surface area (Å²) in [5.41, 5.74) is 3.88. The molecular formula is C25H30N4O2. The molecule has 1 aromatic heterocycles. The Labute approximate surface area is 183 Å². The minimum absolute atomic E-state index is 0.116. The van der Waals surface area contributed by atoms with Gasteiger partial charge in [0.15, 0.2) is 0 Å². The molecule has 1 aliphatic carbocycles. The molecule has 1 atom stereocenters. The number of methoxy groups -OCH3 is 1. The molecule has 2 aliphatic rings. The third-order valence-electron chi connectivity index (χ3n) is 7.04. The summed E-state index contributed by atoms with van der Waals surface area (Å²) in [5, 5.41) is 0. The van der Waals surface area contributed by atoms with Gasteiger partial charge in [-0.1, -0.05) is 18.6 Å². The second-order valence-corrected chi connectivity index (χ2v) is 8.86. The molecule has 1 saturated heterocycles. The van der Waals surface area contributed by atoms with Crippen LogP contribution in [0.3, 0.4) is 0 Å². The summed E-state index contributed by atoms with van der Waals surface area (Å²) < 4.78 is 7.45. The van der Waals surface area contributed by atoms with Crippen LogP contribution in [0, 0.1) is 0 Å². The van der Waals surface area contributed by atoms with Crippen LogP contribution in [0.25, 0.3) is 11.0 Å². The summed E-state index contributed by atoms with van der Waals surface area (Å²) in [5.74, 6) is 0.936. The number of fused-ring (bicyclic) bond motifs is 1. The first-order chi connectivity index (χ1) is 15.1. The largest absolute Gasteiger partial charge is 0.497 e. The fourth-order valence-corrected chi connectivity index (χ4v) is 4.78. The molecule has 6 heteroatoms. The van der Waals surface area contributed by atoms with Gasteiger partial charge < -0.3 is 14.2 Å². The van der Waals surface area contributed by atoms with E-state index >= 15 is 0 Å². The molecule has 0 bridgehead atoms. The van der Waals surface area contributed by atoms with Gasteiger partial charge in [0, 0.05) is 50.4 Å². The first-order valence-electron chi connectivity index (χ1n) is 11.2. The molecule has 1 aliphatic heterocycles. The summed E-state index contributed by atoms with van der Waals surface area (Å²) in [6, 6.07) is 15.0. The van der Waals surface area contributed by atoms with Crippen molar-refractivity contribution >= 4 is 16.9 Å². The minimum Gasteiger partial charge on any atom is -0.497 e. The van der Waals surface area contributed by atoms with E-state index in [1.807, 2.05) is 60.7 Å². The number of ether oxygens (including phenoxy) is 1. The highest BCUT2D eigenvalue weighted by atomic mass is 16.5. The Morgan fingerprint density at radius 2 is 1.97 bits per heavy atom. The molecule has 162 valence electrons. The van der Waals surface area contributed by atoms with Crippen LogP contribution in [-0.2, 0) is 6.54 Å². The third-order valence-corrected chi connectivity index (χ3v) is 7.04. The van der Waals surface area contributed by atoms with Crippen molar-refractivity contribution in [3.05, 3.63) is 59.9 Å². The van der Waals surface area contributed by atoms with Gasteiger partial charge in [0.05, 0.1) is 24.5 Å². The van der Waals surface area contributed by atoms with E-state index in [0.717, 1.165) is 53.5 Å². The van der Waals surface area contributed by atoms with E-state index in [1.54, 1.807) is 7.11 Å². The average Bonchev–Trinajstić information content (AvgIpc) is 3.39. The topological polar surface area (TPSA) is 50.6 Å². The molecule has 0 unspecified atom stereocenters. The fraction of sp³-hybridized carbons (Fsp3) is 0.440. The second kappa shape index (κ2) is 8.35. The molecule has 6 nitrogen and oxygen atoms in total. The number of hydrogen-bond acceptors (Lipinski definition) is 4. The normalized spacial score (nSPS) is 19.5. The minimum atomic E-state index is 0.116. The summed E-state index contributed by atoms with van der Waals surface area (Å²) in [4.78, 5) is 22.0. The predicted octanol–water partition coefficient (Wildman–Crippen LogP) is 3.79. The highest BCUT2D eigenvalue weighted by Gasteiger charge is 2.34. The molecule has 5 rings (SSSR count). The molecule has 0 N–H and O–H groups in total. The predicted molar refractivity (Wildman–Crippen MR) is 122 cm³/mol. The summed E-state index contributed by atoms with van der Waals surface area (Å²) in [6.45, 7) is 2.84. The van der Waals surface area contributed by atoms with E-state index in [0.29, 0.717) is 12.6 Å². The summed E-state index contributed by atoms with van der Waals surface area (Å²) in [7, 11) is 3.63. The number of carbonyl (C=O) groups is 1. The van der Waals surface area contributed by atoms with Gasteiger partial charge in [-0.05, 0) is 49.1 Å². The number of hydrogen-bond donors (Lipinski definition) is 0. The molecule has 2 fully saturated rings. The third kappa shape index (κ3) is 3.92. The SMILES string of the molecule is COc1ccc2ncn(Cc3ccc(C(=O)N(C)[C@@H]4CCN(C5CCC5)C4)cc3)c2c1. The number of carbonyl (C=O) groups excluding carboxylic acids is 1. The van der Waals surface area contributed by atoms with E-state index in [4.69, 9.17) is 4.74 Å². The van der Waals surface area contributed by atoms with Crippen molar-refractivity contribution in [2.45, 2.75) is 44.3 Å². The lowest BCUT2D eigenvalue weighted by Gasteiger charge is -2.35. The van der Waals surface area contributed by atoms with Crippen LogP contribution in [0.4, 0.5) is 0 Å². The van der Waals surface area contributed by atoms with E-state index in [1.165, 1.54) is 19.3 Å². The van der Waals surface area contributed by atoms with Gasteiger partial charge in [-0.2, -0.15) is 0 Å². The van der Waals surface area contributed by atoms with Gasteiger partial charge in [0.25, 0.3) is 5.91 Å². The van der Waals surface area contributed by atoms with Crippen LogP contribution in [0.2, 0.25) is 0 Å². The van der Waals surface area contributed by atoms with Crippen LogP contribution < -0.4 is 4.74 Å². The summed E-state index contributed by atoms with van der Waals surface area (Å²) >= 11 is 0. The Morgan fingerprint density at radius 3 is 2.68 bits per heavy atom. The lowest BCUT2D eigenvalue weighted by Crippen LogP contribution is -2.43. The molecule has 2 aromatic carbocycles. The molecule has 1 amide bonds. The van der Waals surface area contributed by atoms with E-state index in [9.17, 15) is 4.79 Å². The lowest BCUT2D eigenvalue weighted by atomic mass is 9.92.